The number of anilines is 2. The quantitative estimate of drug-likeness (QED) is 0.237. The molecule has 2 amide bonds. The molecule has 2 N–H and O–H groups in total. The minimum absolute atomic E-state index is 0.374. The molecule has 2 aromatic heterocycles. The fourth-order valence-corrected chi connectivity index (χ4v) is 4.38. The SMILES string of the molecule is O=C(Nc1ccc(F)cc1)C1(C(=O)Nc2ccc(Oc3ccnc4cc(-c5ccncc5)ccc34)cc2)CC1. The summed E-state index contributed by atoms with van der Waals surface area (Å²) in [4.78, 5) is 34.3. The van der Waals surface area contributed by atoms with E-state index >= 15 is 0 Å². The van der Waals surface area contributed by atoms with Gasteiger partial charge in [-0.05, 0) is 103 Å². The Morgan fingerprint density at radius 3 is 2.03 bits per heavy atom. The van der Waals surface area contributed by atoms with Gasteiger partial charge in [-0.25, -0.2) is 4.39 Å². The van der Waals surface area contributed by atoms with Gasteiger partial charge in [0, 0.05) is 35.4 Å². The van der Waals surface area contributed by atoms with Gasteiger partial charge in [0.25, 0.3) is 0 Å². The van der Waals surface area contributed by atoms with Crippen LogP contribution in [0.3, 0.4) is 0 Å². The smallest absolute Gasteiger partial charge is 0.240 e. The molecule has 1 fully saturated rings. The molecule has 0 saturated heterocycles. The summed E-state index contributed by atoms with van der Waals surface area (Å²) in [6, 6.07) is 24.1. The van der Waals surface area contributed by atoms with Crippen LogP contribution < -0.4 is 15.4 Å². The number of benzene rings is 3. The van der Waals surface area contributed by atoms with Crippen LogP contribution in [0, 0.1) is 11.2 Å². The lowest BCUT2D eigenvalue weighted by atomic mass is 10.0. The average Bonchev–Trinajstić information content (AvgIpc) is 3.78. The number of nitrogens with one attached hydrogen (secondary N) is 2. The Labute approximate surface area is 223 Å². The molecule has 1 aliphatic carbocycles. The molecular weight excluding hydrogens is 495 g/mol. The summed E-state index contributed by atoms with van der Waals surface area (Å²) < 4.78 is 19.3. The highest BCUT2D eigenvalue weighted by Crippen LogP contribution is 2.47. The van der Waals surface area contributed by atoms with E-state index in [0.29, 0.717) is 35.7 Å². The molecule has 39 heavy (non-hydrogen) atoms. The van der Waals surface area contributed by atoms with Gasteiger partial charge in [0.2, 0.25) is 11.8 Å². The molecule has 5 aromatic rings. The van der Waals surface area contributed by atoms with E-state index in [1.54, 1.807) is 48.9 Å². The predicted octanol–water partition coefficient (Wildman–Crippen LogP) is 6.59. The third kappa shape index (κ3) is 5.04. The second-order valence-corrected chi connectivity index (χ2v) is 9.40. The van der Waals surface area contributed by atoms with E-state index in [9.17, 15) is 14.0 Å². The third-order valence-corrected chi connectivity index (χ3v) is 6.78. The maximum Gasteiger partial charge on any atom is 0.240 e. The van der Waals surface area contributed by atoms with Crippen molar-refractivity contribution in [2.24, 2.45) is 5.41 Å². The Hall–Kier alpha value is -5.11. The first-order chi connectivity index (χ1) is 19.0. The van der Waals surface area contributed by atoms with Crippen molar-refractivity contribution < 1.29 is 18.7 Å². The van der Waals surface area contributed by atoms with Gasteiger partial charge in [-0.3, -0.25) is 19.6 Å². The highest BCUT2D eigenvalue weighted by atomic mass is 19.1. The van der Waals surface area contributed by atoms with E-state index in [-0.39, 0.29) is 5.91 Å². The molecule has 0 atom stereocenters. The van der Waals surface area contributed by atoms with E-state index in [2.05, 4.69) is 20.6 Å². The highest BCUT2D eigenvalue weighted by Gasteiger charge is 2.56. The van der Waals surface area contributed by atoms with Gasteiger partial charge in [-0.2, -0.15) is 0 Å². The lowest BCUT2D eigenvalue weighted by Gasteiger charge is -2.16. The van der Waals surface area contributed by atoms with Crippen LogP contribution in [-0.2, 0) is 9.59 Å². The maximum atomic E-state index is 13.1. The molecule has 0 unspecified atom stereocenters. The second-order valence-electron chi connectivity index (χ2n) is 9.40. The van der Waals surface area contributed by atoms with Crippen LogP contribution in [-0.4, -0.2) is 21.8 Å². The van der Waals surface area contributed by atoms with Crippen molar-refractivity contribution in [2.75, 3.05) is 10.6 Å². The number of amides is 2. The molecule has 7 nitrogen and oxygen atoms in total. The van der Waals surface area contributed by atoms with Gasteiger partial charge < -0.3 is 15.4 Å². The van der Waals surface area contributed by atoms with Crippen LogP contribution in [0.15, 0.2) is 104 Å². The van der Waals surface area contributed by atoms with Crippen molar-refractivity contribution in [1.82, 2.24) is 9.97 Å². The fraction of sp³-hybridized carbons (Fsp3) is 0.0968. The average molecular weight is 519 g/mol. The van der Waals surface area contributed by atoms with Crippen molar-refractivity contribution in [3.05, 3.63) is 109 Å². The van der Waals surface area contributed by atoms with Gasteiger partial charge in [0.05, 0.1) is 5.52 Å². The number of fused-ring (bicyclic) bond motifs is 1. The lowest BCUT2D eigenvalue weighted by molar-refractivity contribution is -0.131. The van der Waals surface area contributed by atoms with Crippen molar-refractivity contribution in [1.29, 1.82) is 0 Å². The number of hydrogen-bond acceptors (Lipinski definition) is 5. The standard InChI is InChI=1S/C31H23FN4O3/c32-22-2-4-23(5-3-22)35-29(37)31(14-15-31)30(38)36-24-6-8-25(9-7-24)39-28-13-18-34-27-19-21(1-10-26(27)28)20-11-16-33-17-12-20/h1-13,16-19H,14-15H2,(H,35,37)(H,36,38). The van der Waals surface area contributed by atoms with Gasteiger partial charge in [-0.1, -0.05) is 6.07 Å². The maximum absolute atomic E-state index is 13.1. The van der Waals surface area contributed by atoms with Crippen molar-refractivity contribution in [3.63, 3.8) is 0 Å². The van der Waals surface area contributed by atoms with Crippen LogP contribution in [0.4, 0.5) is 15.8 Å². The van der Waals surface area contributed by atoms with Crippen molar-refractivity contribution >= 4 is 34.1 Å². The molecule has 8 heteroatoms. The molecule has 0 bridgehead atoms. The lowest BCUT2D eigenvalue weighted by Crippen LogP contribution is -2.35. The zero-order valence-electron chi connectivity index (χ0n) is 20.7. The van der Waals surface area contributed by atoms with Crippen LogP contribution in [0.25, 0.3) is 22.0 Å². The van der Waals surface area contributed by atoms with Crippen molar-refractivity contribution in [2.45, 2.75) is 12.8 Å². The normalized spacial score (nSPS) is 13.5. The van der Waals surface area contributed by atoms with Crippen LogP contribution in [0.5, 0.6) is 11.5 Å². The van der Waals surface area contributed by atoms with E-state index in [0.717, 1.165) is 22.0 Å². The number of pyridine rings is 2. The molecule has 6 rings (SSSR count). The van der Waals surface area contributed by atoms with Gasteiger partial charge in [0.1, 0.15) is 22.7 Å². The third-order valence-electron chi connectivity index (χ3n) is 6.78. The Morgan fingerprint density at radius 1 is 0.744 bits per heavy atom. The monoisotopic (exact) mass is 518 g/mol. The van der Waals surface area contributed by atoms with E-state index in [1.807, 2.05) is 30.3 Å². The summed E-state index contributed by atoms with van der Waals surface area (Å²) in [6.07, 6.45) is 6.11. The van der Waals surface area contributed by atoms with E-state index < -0.39 is 17.1 Å². The van der Waals surface area contributed by atoms with Gasteiger partial charge >= 0.3 is 0 Å². The zero-order chi connectivity index (χ0) is 26.8. The first-order valence-corrected chi connectivity index (χ1v) is 12.5. The number of rotatable bonds is 7. The number of aromatic nitrogens is 2. The number of carbonyl (C=O) groups is 2. The molecule has 1 aliphatic rings. The predicted molar refractivity (Wildman–Crippen MR) is 147 cm³/mol. The Balaban J connectivity index is 1.13. The Bertz CT molecular complexity index is 1670. The molecule has 0 aliphatic heterocycles. The minimum Gasteiger partial charge on any atom is -0.457 e. The Morgan fingerprint density at radius 2 is 1.38 bits per heavy atom. The van der Waals surface area contributed by atoms with Crippen LogP contribution in [0.1, 0.15) is 12.8 Å². The largest absolute Gasteiger partial charge is 0.457 e. The van der Waals surface area contributed by atoms with Crippen LogP contribution in [0.2, 0.25) is 0 Å². The first-order valence-electron chi connectivity index (χ1n) is 12.5. The summed E-state index contributed by atoms with van der Waals surface area (Å²) in [5.41, 5.74) is 2.76. The topological polar surface area (TPSA) is 93.2 Å². The zero-order valence-corrected chi connectivity index (χ0v) is 20.7. The fourth-order valence-electron chi connectivity index (χ4n) is 4.38. The summed E-state index contributed by atoms with van der Waals surface area (Å²) in [5, 5.41) is 6.41. The number of nitrogens with zero attached hydrogens (tertiary/aromatic N) is 2. The van der Waals surface area contributed by atoms with Crippen molar-refractivity contribution in [3.8, 4) is 22.6 Å². The highest BCUT2D eigenvalue weighted by molar-refractivity contribution is 6.16. The summed E-state index contributed by atoms with van der Waals surface area (Å²) in [6.45, 7) is 0. The number of carbonyl (C=O) groups excluding carboxylic acids is 2. The second kappa shape index (κ2) is 9.98. The number of halogens is 1. The summed E-state index contributed by atoms with van der Waals surface area (Å²) in [5.74, 6) is 0.0806. The molecule has 1 saturated carbocycles. The van der Waals surface area contributed by atoms with E-state index in [1.165, 1.54) is 24.3 Å². The minimum atomic E-state index is -1.13. The molecule has 2 heterocycles. The van der Waals surface area contributed by atoms with E-state index in [4.69, 9.17) is 4.74 Å². The molecule has 192 valence electrons. The van der Waals surface area contributed by atoms with Gasteiger partial charge in [-0.15, -0.1) is 0 Å². The summed E-state index contributed by atoms with van der Waals surface area (Å²) >= 11 is 0. The number of hydrogen-bond donors (Lipinski definition) is 2. The number of ether oxygens (including phenoxy) is 1. The molecular formula is C31H23FN4O3. The first kappa shape index (κ1) is 24.2. The molecule has 3 aromatic carbocycles. The Kier molecular flexibility index (Phi) is 6.20. The summed E-state index contributed by atoms with van der Waals surface area (Å²) in [7, 11) is 0. The molecule has 0 spiro atoms. The molecule has 0 radical (unpaired) electrons. The van der Waals surface area contributed by atoms with Gasteiger partial charge in [0.15, 0.2) is 0 Å². The van der Waals surface area contributed by atoms with Crippen LogP contribution >= 0.6 is 0 Å².